The average Bonchev–Trinajstić information content (AvgIpc) is 2.96. The average molecular weight is 329 g/mol. The van der Waals surface area contributed by atoms with Crippen molar-refractivity contribution in [3.05, 3.63) is 12.2 Å². The minimum atomic E-state index is -1.11. The lowest BCUT2D eigenvalue weighted by Crippen LogP contribution is -2.79. The van der Waals surface area contributed by atoms with Gasteiger partial charge in [-0.15, -0.1) is 0 Å². The lowest BCUT2D eigenvalue weighted by atomic mass is 9.37. The molecule has 0 aromatic rings. The highest BCUT2D eigenvalue weighted by Crippen LogP contribution is 2.88. The molecule has 9 rings (SSSR count). The van der Waals surface area contributed by atoms with E-state index in [1.165, 1.54) is 6.42 Å². The molecule has 0 aromatic heterocycles. The van der Waals surface area contributed by atoms with E-state index in [9.17, 15) is 15.3 Å². The van der Waals surface area contributed by atoms with Gasteiger partial charge in [0.25, 0.3) is 0 Å². The topological polar surface area (TPSA) is 63.9 Å². The van der Waals surface area contributed by atoms with Crippen LogP contribution in [0.1, 0.15) is 39.0 Å². The van der Waals surface area contributed by atoms with E-state index in [4.69, 9.17) is 0 Å². The van der Waals surface area contributed by atoms with Crippen molar-refractivity contribution in [1.29, 1.82) is 0 Å². The maximum atomic E-state index is 12.3. The Morgan fingerprint density at radius 2 is 2.00 bits per heavy atom. The second-order valence-corrected chi connectivity index (χ2v) is 10.6. The Labute approximate surface area is 142 Å². The lowest BCUT2D eigenvalue weighted by molar-refractivity contribution is -0.312. The molecule has 6 aliphatic carbocycles. The van der Waals surface area contributed by atoms with Crippen molar-refractivity contribution >= 4 is 0 Å². The van der Waals surface area contributed by atoms with Gasteiger partial charge in [0.05, 0.1) is 12.2 Å². The molecule has 2 spiro atoms. The van der Waals surface area contributed by atoms with Crippen molar-refractivity contribution in [3.8, 4) is 0 Å². The smallest absolute Gasteiger partial charge is 0.107 e. The zero-order valence-corrected chi connectivity index (χ0v) is 14.3. The summed E-state index contributed by atoms with van der Waals surface area (Å²) in [5, 5.41) is 34.9. The molecule has 3 aliphatic heterocycles. The molecule has 3 heterocycles. The molecule has 9 bridgehead atoms. The molecule has 3 saturated heterocycles. The van der Waals surface area contributed by atoms with E-state index in [0.29, 0.717) is 23.9 Å². The van der Waals surface area contributed by atoms with Crippen molar-refractivity contribution in [3.63, 3.8) is 0 Å². The van der Waals surface area contributed by atoms with Gasteiger partial charge < -0.3 is 15.3 Å². The third-order valence-corrected chi connectivity index (χ3v) is 10.5. The van der Waals surface area contributed by atoms with Crippen LogP contribution in [-0.2, 0) is 0 Å². The summed E-state index contributed by atoms with van der Waals surface area (Å²) in [7, 11) is 0. The highest BCUT2D eigenvalue weighted by atomic mass is 16.4. The van der Waals surface area contributed by atoms with Crippen LogP contribution in [0, 0.1) is 34.0 Å². The highest BCUT2D eigenvalue weighted by Gasteiger charge is 2.95. The normalized spacial score (nSPS) is 76.1. The lowest BCUT2D eigenvalue weighted by Gasteiger charge is -2.70. The molecule has 9 fully saturated rings. The second kappa shape index (κ2) is 3.28. The van der Waals surface area contributed by atoms with Gasteiger partial charge in [0.1, 0.15) is 5.60 Å². The molecular weight excluding hydrogens is 302 g/mol. The summed E-state index contributed by atoms with van der Waals surface area (Å²) in [6.07, 6.45) is 3.84. The van der Waals surface area contributed by atoms with Crippen LogP contribution in [-0.4, -0.2) is 56.7 Å². The Kier molecular flexibility index (Phi) is 1.88. The van der Waals surface area contributed by atoms with Crippen LogP contribution in [0.25, 0.3) is 0 Å². The number of nitrogens with zero attached hydrogens (tertiary/aromatic N) is 1. The number of hydrogen-bond acceptors (Lipinski definition) is 4. The highest BCUT2D eigenvalue weighted by molar-refractivity contribution is 5.48. The summed E-state index contributed by atoms with van der Waals surface area (Å²) in [4.78, 5) is 2.72. The van der Waals surface area contributed by atoms with Crippen LogP contribution >= 0.6 is 0 Å². The minimum Gasteiger partial charge on any atom is -0.389 e. The Morgan fingerprint density at radius 1 is 1.21 bits per heavy atom. The fourth-order valence-electron chi connectivity index (χ4n) is 10.5. The van der Waals surface area contributed by atoms with Crippen LogP contribution in [0.4, 0.5) is 0 Å². The Hall–Kier alpha value is -0.420. The maximum absolute atomic E-state index is 12.3. The second-order valence-electron chi connectivity index (χ2n) is 10.6. The first kappa shape index (κ1) is 13.7. The van der Waals surface area contributed by atoms with Gasteiger partial charge in [-0.25, -0.2) is 0 Å². The van der Waals surface area contributed by atoms with E-state index in [1.807, 2.05) is 0 Å². The monoisotopic (exact) mass is 329 g/mol. The van der Waals surface area contributed by atoms with E-state index in [2.05, 4.69) is 18.4 Å². The fraction of sp³-hybridized carbons (Fsp3) is 0.900. The summed E-state index contributed by atoms with van der Waals surface area (Å²) in [5.41, 5.74) is -0.764. The molecule has 1 unspecified atom stereocenters. The van der Waals surface area contributed by atoms with Gasteiger partial charge in [0, 0.05) is 35.4 Å². The molecule has 4 nitrogen and oxygen atoms in total. The molecular formula is C20H27NO3. The van der Waals surface area contributed by atoms with Gasteiger partial charge in [-0.05, 0) is 48.5 Å². The van der Waals surface area contributed by atoms with Gasteiger partial charge in [-0.2, -0.15) is 0 Å². The van der Waals surface area contributed by atoms with Crippen LogP contribution in [0.2, 0.25) is 0 Å². The number of rotatable bonds is 0. The van der Waals surface area contributed by atoms with Crippen molar-refractivity contribution < 1.29 is 15.3 Å². The third kappa shape index (κ3) is 0.852. The van der Waals surface area contributed by atoms with Crippen LogP contribution < -0.4 is 0 Å². The summed E-state index contributed by atoms with van der Waals surface area (Å²) in [5.74, 6) is 0.710. The molecule has 0 radical (unpaired) electrons. The Morgan fingerprint density at radius 3 is 2.79 bits per heavy atom. The molecule has 24 heavy (non-hydrogen) atoms. The number of aliphatic hydroxyl groups is 3. The van der Waals surface area contributed by atoms with Gasteiger partial charge in [-0.3, -0.25) is 4.90 Å². The van der Waals surface area contributed by atoms with Gasteiger partial charge >= 0.3 is 0 Å². The van der Waals surface area contributed by atoms with E-state index < -0.39 is 23.2 Å². The molecule has 3 N–H and O–H groups in total. The molecule has 9 aliphatic rings. The molecule has 4 heteroatoms. The van der Waals surface area contributed by atoms with Crippen molar-refractivity contribution in [2.24, 2.45) is 34.0 Å². The van der Waals surface area contributed by atoms with E-state index in [1.54, 1.807) is 0 Å². The minimum absolute atomic E-state index is 0.123. The van der Waals surface area contributed by atoms with Gasteiger partial charge in [-0.1, -0.05) is 19.9 Å². The SMILES string of the molecule is C=C1[C@H]2C[C@H]3[C@H]4N5C[C@]6(C)CCC[C@@]47[C@@H]6[C@@H]5C[C@]3([C@@H]1O)[C@@]7(O)[C@H]2O. The van der Waals surface area contributed by atoms with Crippen molar-refractivity contribution in [2.45, 2.75) is 68.9 Å². The zero-order chi connectivity index (χ0) is 16.4. The molecule has 12 atom stereocenters. The molecule has 130 valence electrons. The fourth-order valence-corrected chi connectivity index (χ4v) is 10.5. The van der Waals surface area contributed by atoms with Crippen LogP contribution in [0.5, 0.6) is 0 Å². The number of aliphatic hydroxyl groups excluding tert-OH is 2. The summed E-state index contributed by atoms with van der Waals surface area (Å²) in [6, 6.07) is 0.878. The summed E-state index contributed by atoms with van der Waals surface area (Å²) < 4.78 is 0. The maximum Gasteiger partial charge on any atom is 0.107 e. The van der Waals surface area contributed by atoms with E-state index >= 15 is 0 Å². The summed E-state index contributed by atoms with van der Waals surface area (Å²) in [6.45, 7) is 7.73. The van der Waals surface area contributed by atoms with Crippen molar-refractivity contribution in [2.75, 3.05) is 6.54 Å². The number of fused-ring (bicyclic) bond motifs is 1. The summed E-state index contributed by atoms with van der Waals surface area (Å²) >= 11 is 0. The Balaban J connectivity index is 1.59. The third-order valence-electron chi connectivity index (χ3n) is 10.5. The standard InChI is InChI=1S/C20H27NO3/c1-9-10-6-11-14-18-5-3-4-17(2)8-21(14)12(13(17)18)7-19(11,15(9)22)20(18,24)16(10)23/h10-16,22-24H,1,3-8H2,2H3/t10-,11+,12+,13-,14-,15-,16+,17+,18-,19+,20-/m1/s1. The van der Waals surface area contributed by atoms with Crippen molar-refractivity contribution in [1.82, 2.24) is 4.90 Å². The predicted molar refractivity (Wildman–Crippen MR) is 86.9 cm³/mol. The van der Waals surface area contributed by atoms with Gasteiger partial charge in [0.15, 0.2) is 0 Å². The quantitative estimate of drug-likeness (QED) is 0.578. The Bertz CT molecular complexity index is 724. The largest absolute Gasteiger partial charge is 0.389 e. The first-order valence-electron chi connectivity index (χ1n) is 9.87. The van der Waals surface area contributed by atoms with E-state index in [-0.39, 0.29) is 16.7 Å². The number of piperidine rings is 2. The first-order valence-corrected chi connectivity index (χ1v) is 9.87. The van der Waals surface area contributed by atoms with Crippen LogP contribution in [0.3, 0.4) is 0 Å². The first-order chi connectivity index (χ1) is 11.3. The zero-order valence-electron chi connectivity index (χ0n) is 14.3. The van der Waals surface area contributed by atoms with Gasteiger partial charge in [0.2, 0.25) is 0 Å². The predicted octanol–water partition coefficient (Wildman–Crippen LogP) is 0.908. The van der Waals surface area contributed by atoms with E-state index in [0.717, 1.165) is 37.8 Å². The molecule has 0 amide bonds. The molecule has 6 saturated carbocycles. The molecule has 0 aromatic carbocycles. The number of hydrogen-bond donors (Lipinski definition) is 3. The van der Waals surface area contributed by atoms with Crippen LogP contribution in [0.15, 0.2) is 12.2 Å².